The Balaban J connectivity index is 0.00000280. The molecule has 3 aromatic rings. The quantitative estimate of drug-likeness (QED) is 0.523. The fourth-order valence-electron chi connectivity index (χ4n) is 2.85. The van der Waals surface area contributed by atoms with E-state index in [4.69, 9.17) is 11.6 Å². The van der Waals surface area contributed by atoms with Crippen LogP contribution in [0.25, 0.3) is 10.8 Å². The SMILES string of the molecule is CC(CNCCc1cccc(Cl)c1)NS(=O)(=O)c1ccc2cnccc2c1.Cl. The predicted molar refractivity (Wildman–Crippen MR) is 117 cm³/mol. The standard InChI is InChI=1S/C20H22ClN3O2S.ClH/c1-15(13-22-9-7-16-3-2-4-19(21)11-16)24-27(25,26)20-6-5-18-14-23-10-8-17(18)12-20;/h2-6,8,10-12,14-15,22,24H,7,9,13H2,1H3;1H. The van der Waals surface area contributed by atoms with Gasteiger partial charge in [-0.3, -0.25) is 4.98 Å². The lowest BCUT2D eigenvalue weighted by Crippen LogP contribution is -2.40. The fourth-order valence-corrected chi connectivity index (χ4v) is 4.34. The Morgan fingerprint density at radius 3 is 2.71 bits per heavy atom. The minimum absolute atomic E-state index is 0. The van der Waals surface area contributed by atoms with Crippen LogP contribution in [-0.4, -0.2) is 32.5 Å². The van der Waals surface area contributed by atoms with Crippen molar-refractivity contribution in [1.29, 1.82) is 0 Å². The number of nitrogens with one attached hydrogen (secondary N) is 2. The summed E-state index contributed by atoms with van der Waals surface area (Å²) in [5, 5.41) is 5.76. The summed E-state index contributed by atoms with van der Waals surface area (Å²) >= 11 is 5.97. The third-order valence-corrected chi connectivity index (χ3v) is 6.03. The van der Waals surface area contributed by atoms with E-state index in [1.165, 1.54) is 0 Å². The highest BCUT2D eigenvalue weighted by Gasteiger charge is 2.17. The number of aromatic nitrogens is 1. The number of sulfonamides is 1. The molecular formula is C20H23Cl2N3O2S. The number of hydrogen-bond acceptors (Lipinski definition) is 4. The Morgan fingerprint density at radius 2 is 1.93 bits per heavy atom. The Morgan fingerprint density at radius 1 is 1.11 bits per heavy atom. The van der Waals surface area contributed by atoms with Gasteiger partial charge in [0.15, 0.2) is 0 Å². The lowest BCUT2D eigenvalue weighted by atomic mass is 10.1. The van der Waals surface area contributed by atoms with E-state index in [9.17, 15) is 8.42 Å². The first kappa shape index (κ1) is 22.6. The summed E-state index contributed by atoms with van der Waals surface area (Å²) in [6.07, 6.45) is 4.20. The molecule has 3 rings (SSSR count). The summed E-state index contributed by atoms with van der Waals surface area (Å²) in [6.45, 7) is 3.13. The zero-order valence-electron chi connectivity index (χ0n) is 15.4. The highest BCUT2D eigenvalue weighted by molar-refractivity contribution is 7.89. The minimum Gasteiger partial charge on any atom is -0.315 e. The Kier molecular flexibility index (Phi) is 8.22. The summed E-state index contributed by atoms with van der Waals surface area (Å²) in [4.78, 5) is 4.30. The number of halogens is 2. The van der Waals surface area contributed by atoms with E-state index in [1.54, 1.807) is 36.7 Å². The molecule has 1 aromatic heterocycles. The van der Waals surface area contributed by atoms with Gasteiger partial charge < -0.3 is 5.32 Å². The molecule has 0 bridgehead atoms. The molecular weight excluding hydrogens is 417 g/mol. The van der Waals surface area contributed by atoms with Crippen molar-refractivity contribution in [2.24, 2.45) is 0 Å². The van der Waals surface area contributed by atoms with Crippen LogP contribution in [0.1, 0.15) is 12.5 Å². The van der Waals surface area contributed by atoms with Gasteiger partial charge in [-0.2, -0.15) is 0 Å². The summed E-state index contributed by atoms with van der Waals surface area (Å²) in [6, 6.07) is 14.3. The zero-order valence-corrected chi connectivity index (χ0v) is 17.8. The van der Waals surface area contributed by atoms with Crippen molar-refractivity contribution in [3.05, 3.63) is 71.5 Å². The van der Waals surface area contributed by atoms with E-state index in [-0.39, 0.29) is 23.3 Å². The molecule has 1 heterocycles. The Labute approximate surface area is 177 Å². The van der Waals surface area contributed by atoms with E-state index in [1.807, 2.05) is 31.2 Å². The maximum absolute atomic E-state index is 12.6. The number of rotatable bonds is 8. The van der Waals surface area contributed by atoms with Crippen molar-refractivity contribution < 1.29 is 8.42 Å². The van der Waals surface area contributed by atoms with Crippen LogP contribution in [0, 0.1) is 0 Å². The maximum atomic E-state index is 12.6. The molecule has 0 saturated heterocycles. The van der Waals surface area contributed by atoms with Crippen LogP contribution in [0.5, 0.6) is 0 Å². The normalized spacial score (nSPS) is 12.5. The van der Waals surface area contributed by atoms with Crippen molar-refractivity contribution in [2.45, 2.75) is 24.3 Å². The largest absolute Gasteiger partial charge is 0.315 e. The number of hydrogen-bond donors (Lipinski definition) is 2. The van der Waals surface area contributed by atoms with Crippen molar-refractivity contribution in [1.82, 2.24) is 15.0 Å². The van der Waals surface area contributed by atoms with Gasteiger partial charge >= 0.3 is 0 Å². The highest BCUT2D eigenvalue weighted by Crippen LogP contribution is 2.18. The number of fused-ring (bicyclic) bond motifs is 1. The van der Waals surface area contributed by atoms with Crippen LogP contribution in [0.4, 0.5) is 0 Å². The van der Waals surface area contributed by atoms with Crippen LogP contribution in [0.2, 0.25) is 5.02 Å². The van der Waals surface area contributed by atoms with Crippen LogP contribution < -0.4 is 10.0 Å². The van der Waals surface area contributed by atoms with Gasteiger partial charge in [0, 0.05) is 35.4 Å². The van der Waals surface area contributed by atoms with Gasteiger partial charge in [0.2, 0.25) is 10.0 Å². The van der Waals surface area contributed by atoms with Gasteiger partial charge in [-0.1, -0.05) is 29.8 Å². The van der Waals surface area contributed by atoms with E-state index in [2.05, 4.69) is 15.0 Å². The number of nitrogens with zero attached hydrogens (tertiary/aromatic N) is 1. The van der Waals surface area contributed by atoms with Crippen molar-refractivity contribution in [3.8, 4) is 0 Å². The fraction of sp³-hybridized carbons (Fsp3) is 0.250. The molecule has 0 aliphatic heterocycles. The smallest absolute Gasteiger partial charge is 0.240 e. The molecule has 8 heteroatoms. The molecule has 28 heavy (non-hydrogen) atoms. The Bertz CT molecular complexity index is 1030. The van der Waals surface area contributed by atoms with Gasteiger partial charge in [-0.25, -0.2) is 13.1 Å². The van der Waals surface area contributed by atoms with Crippen molar-refractivity contribution >= 4 is 44.8 Å². The minimum atomic E-state index is -3.57. The van der Waals surface area contributed by atoms with Gasteiger partial charge in [-0.05, 0) is 61.2 Å². The van der Waals surface area contributed by atoms with Gasteiger partial charge in [-0.15, -0.1) is 12.4 Å². The van der Waals surface area contributed by atoms with E-state index >= 15 is 0 Å². The van der Waals surface area contributed by atoms with Gasteiger partial charge in [0.1, 0.15) is 0 Å². The molecule has 1 atom stereocenters. The van der Waals surface area contributed by atoms with E-state index < -0.39 is 10.0 Å². The monoisotopic (exact) mass is 439 g/mol. The van der Waals surface area contributed by atoms with E-state index in [0.29, 0.717) is 6.54 Å². The summed E-state index contributed by atoms with van der Waals surface area (Å²) in [7, 11) is -3.57. The van der Waals surface area contributed by atoms with Crippen molar-refractivity contribution in [2.75, 3.05) is 13.1 Å². The lowest BCUT2D eigenvalue weighted by Gasteiger charge is -2.15. The second-order valence-electron chi connectivity index (χ2n) is 6.49. The molecule has 0 spiro atoms. The van der Waals surface area contributed by atoms with Crippen LogP contribution >= 0.6 is 24.0 Å². The first-order valence-corrected chi connectivity index (χ1v) is 10.6. The van der Waals surface area contributed by atoms with Gasteiger partial charge in [0.25, 0.3) is 0 Å². The number of benzene rings is 2. The summed E-state index contributed by atoms with van der Waals surface area (Å²) in [5.74, 6) is 0. The highest BCUT2D eigenvalue weighted by atomic mass is 35.5. The van der Waals surface area contributed by atoms with Gasteiger partial charge in [0.05, 0.1) is 4.90 Å². The van der Waals surface area contributed by atoms with E-state index in [0.717, 1.165) is 34.3 Å². The first-order chi connectivity index (χ1) is 12.9. The molecule has 2 N–H and O–H groups in total. The molecule has 0 saturated carbocycles. The topological polar surface area (TPSA) is 71.1 Å². The van der Waals surface area contributed by atoms with Crippen LogP contribution in [0.15, 0.2) is 65.8 Å². The zero-order chi connectivity index (χ0) is 19.3. The maximum Gasteiger partial charge on any atom is 0.240 e. The van der Waals surface area contributed by atoms with Crippen LogP contribution in [0.3, 0.4) is 0 Å². The molecule has 2 aromatic carbocycles. The molecule has 0 aliphatic carbocycles. The first-order valence-electron chi connectivity index (χ1n) is 8.75. The predicted octanol–water partition coefficient (Wildman–Crippen LogP) is 3.81. The molecule has 150 valence electrons. The molecule has 0 amide bonds. The summed E-state index contributed by atoms with van der Waals surface area (Å²) < 4.78 is 27.9. The second kappa shape index (κ2) is 10.2. The third kappa shape index (κ3) is 6.15. The van der Waals surface area contributed by atoms with Crippen molar-refractivity contribution in [3.63, 3.8) is 0 Å². The van der Waals surface area contributed by atoms with Crippen LogP contribution in [-0.2, 0) is 16.4 Å². The third-order valence-electron chi connectivity index (χ3n) is 4.21. The molecule has 1 unspecified atom stereocenters. The summed E-state index contributed by atoms with van der Waals surface area (Å²) in [5.41, 5.74) is 1.15. The molecule has 0 radical (unpaired) electrons. The number of pyridine rings is 1. The molecule has 5 nitrogen and oxygen atoms in total. The second-order valence-corrected chi connectivity index (χ2v) is 8.64. The lowest BCUT2D eigenvalue weighted by molar-refractivity contribution is 0.537. The molecule has 0 aliphatic rings. The Hall–Kier alpha value is -1.70. The molecule has 0 fully saturated rings. The average Bonchev–Trinajstić information content (AvgIpc) is 2.64. The average molecular weight is 440 g/mol.